The average molecular weight is 275 g/mol. The Morgan fingerprint density at radius 3 is 2.80 bits per heavy atom. The van der Waals surface area contributed by atoms with Gasteiger partial charge in [-0.2, -0.15) is 0 Å². The summed E-state index contributed by atoms with van der Waals surface area (Å²) in [6.07, 6.45) is 6.20. The first-order valence-electron chi connectivity index (χ1n) is 7.85. The van der Waals surface area contributed by atoms with Gasteiger partial charge in [-0.15, -0.1) is 0 Å². The lowest BCUT2D eigenvalue weighted by Gasteiger charge is -2.28. The predicted molar refractivity (Wildman–Crippen MR) is 80.1 cm³/mol. The van der Waals surface area contributed by atoms with Gasteiger partial charge in [-0.05, 0) is 44.2 Å². The summed E-state index contributed by atoms with van der Waals surface area (Å²) < 4.78 is 11.4. The second-order valence-corrected chi connectivity index (χ2v) is 6.22. The maximum Gasteiger partial charge on any atom is 0.119 e. The molecule has 0 aromatic heterocycles. The van der Waals surface area contributed by atoms with Crippen molar-refractivity contribution in [3.05, 3.63) is 30.3 Å². The first kappa shape index (κ1) is 13.9. The van der Waals surface area contributed by atoms with Crippen molar-refractivity contribution in [1.29, 1.82) is 0 Å². The van der Waals surface area contributed by atoms with Crippen LogP contribution in [0.2, 0.25) is 0 Å². The van der Waals surface area contributed by atoms with E-state index >= 15 is 0 Å². The highest BCUT2D eigenvalue weighted by molar-refractivity contribution is 5.20. The van der Waals surface area contributed by atoms with Gasteiger partial charge in [-0.3, -0.25) is 0 Å². The maximum atomic E-state index is 5.79. The summed E-state index contributed by atoms with van der Waals surface area (Å²) in [7, 11) is 0. The second kappa shape index (κ2) is 6.59. The van der Waals surface area contributed by atoms with Crippen LogP contribution in [0.1, 0.15) is 32.1 Å². The Hall–Kier alpha value is -1.06. The van der Waals surface area contributed by atoms with Crippen molar-refractivity contribution in [2.45, 2.75) is 38.1 Å². The molecule has 3 nitrogen and oxygen atoms in total. The molecule has 2 aliphatic rings. The molecular weight excluding hydrogens is 250 g/mol. The van der Waals surface area contributed by atoms with Crippen molar-refractivity contribution in [2.75, 3.05) is 26.4 Å². The van der Waals surface area contributed by atoms with Crippen LogP contribution < -0.4 is 10.1 Å². The number of hydrogen-bond acceptors (Lipinski definition) is 3. The third kappa shape index (κ3) is 3.97. The molecule has 0 spiro atoms. The van der Waals surface area contributed by atoms with Crippen LogP contribution in [0.25, 0.3) is 0 Å². The van der Waals surface area contributed by atoms with Gasteiger partial charge in [0.2, 0.25) is 0 Å². The molecule has 0 amide bonds. The molecule has 1 aliphatic heterocycles. The molecule has 20 heavy (non-hydrogen) atoms. The van der Waals surface area contributed by atoms with Crippen molar-refractivity contribution in [3.63, 3.8) is 0 Å². The van der Waals surface area contributed by atoms with Gasteiger partial charge >= 0.3 is 0 Å². The molecule has 1 aliphatic carbocycles. The Kier molecular flexibility index (Phi) is 4.58. The van der Waals surface area contributed by atoms with Gasteiger partial charge in [-0.1, -0.05) is 18.2 Å². The van der Waals surface area contributed by atoms with Crippen molar-refractivity contribution < 1.29 is 9.47 Å². The molecule has 1 aromatic rings. The van der Waals surface area contributed by atoms with Crippen LogP contribution in [0.15, 0.2) is 30.3 Å². The minimum absolute atomic E-state index is 0.350. The molecule has 1 saturated carbocycles. The minimum atomic E-state index is 0.350. The van der Waals surface area contributed by atoms with Crippen molar-refractivity contribution in [2.24, 2.45) is 5.41 Å². The molecule has 1 unspecified atom stereocenters. The largest absolute Gasteiger partial charge is 0.494 e. The first-order chi connectivity index (χ1) is 9.86. The lowest BCUT2D eigenvalue weighted by molar-refractivity contribution is 0.137. The fourth-order valence-corrected chi connectivity index (χ4v) is 2.88. The van der Waals surface area contributed by atoms with Gasteiger partial charge in [-0.25, -0.2) is 0 Å². The van der Waals surface area contributed by atoms with Gasteiger partial charge < -0.3 is 14.8 Å². The third-order valence-electron chi connectivity index (χ3n) is 4.39. The van der Waals surface area contributed by atoms with Crippen molar-refractivity contribution in [1.82, 2.24) is 5.32 Å². The number of nitrogens with one attached hydrogen (secondary N) is 1. The second-order valence-electron chi connectivity index (χ2n) is 6.22. The van der Waals surface area contributed by atoms with E-state index in [-0.39, 0.29) is 0 Å². The van der Waals surface area contributed by atoms with E-state index in [1.807, 2.05) is 30.3 Å². The van der Waals surface area contributed by atoms with Crippen LogP contribution in [0.5, 0.6) is 5.75 Å². The topological polar surface area (TPSA) is 30.5 Å². The van der Waals surface area contributed by atoms with Gasteiger partial charge in [0.1, 0.15) is 5.75 Å². The molecule has 2 fully saturated rings. The number of ether oxygens (including phenoxy) is 2. The lowest BCUT2D eigenvalue weighted by Crippen LogP contribution is -2.36. The average Bonchev–Trinajstić information content (AvgIpc) is 3.21. The fraction of sp³-hybridized carbons (Fsp3) is 0.647. The molecule has 0 bridgehead atoms. The van der Waals surface area contributed by atoms with Gasteiger partial charge in [0.25, 0.3) is 0 Å². The Balaban J connectivity index is 1.40. The quantitative estimate of drug-likeness (QED) is 0.740. The van der Waals surface area contributed by atoms with E-state index in [0.717, 1.165) is 44.6 Å². The zero-order chi connectivity index (χ0) is 13.7. The van der Waals surface area contributed by atoms with Gasteiger partial charge in [0, 0.05) is 24.6 Å². The Labute approximate surface area is 121 Å². The highest BCUT2D eigenvalue weighted by Gasteiger charge is 2.35. The highest BCUT2D eigenvalue weighted by atomic mass is 16.5. The number of para-hydroxylation sites is 1. The van der Waals surface area contributed by atoms with Crippen molar-refractivity contribution >= 4 is 0 Å². The van der Waals surface area contributed by atoms with E-state index in [0.29, 0.717) is 5.41 Å². The van der Waals surface area contributed by atoms with E-state index < -0.39 is 0 Å². The van der Waals surface area contributed by atoms with Gasteiger partial charge in [0.15, 0.2) is 0 Å². The number of benzene rings is 1. The third-order valence-corrected chi connectivity index (χ3v) is 4.39. The van der Waals surface area contributed by atoms with Crippen molar-refractivity contribution in [3.8, 4) is 5.75 Å². The molecular formula is C17H25NO2. The predicted octanol–water partition coefficient (Wildman–Crippen LogP) is 3.00. The molecule has 1 N–H and O–H groups in total. The lowest BCUT2D eigenvalue weighted by atomic mass is 9.82. The number of hydrogen-bond donors (Lipinski definition) is 1. The van der Waals surface area contributed by atoms with E-state index in [9.17, 15) is 0 Å². The van der Waals surface area contributed by atoms with E-state index in [2.05, 4.69) is 5.32 Å². The molecule has 1 atom stereocenters. The monoisotopic (exact) mass is 275 g/mol. The molecule has 1 aromatic carbocycles. The zero-order valence-electron chi connectivity index (χ0n) is 12.1. The molecule has 3 rings (SSSR count). The molecule has 110 valence electrons. The van der Waals surface area contributed by atoms with Crippen LogP contribution in [-0.4, -0.2) is 32.4 Å². The van der Waals surface area contributed by atoms with Crippen LogP contribution in [-0.2, 0) is 4.74 Å². The summed E-state index contributed by atoms with van der Waals surface area (Å²) in [4.78, 5) is 0. The first-order valence-corrected chi connectivity index (χ1v) is 7.85. The van der Waals surface area contributed by atoms with Crippen LogP contribution in [0.3, 0.4) is 0 Å². The Morgan fingerprint density at radius 1 is 1.25 bits per heavy atom. The molecule has 1 heterocycles. The molecule has 3 heteroatoms. The van der Waals surface area contributed by atoms with E-state index in [1.165, 1.54) is 25.7 Å². The highest BCUT2D eigenvalue weighted by Crippen LogP contribution is 2.34. The zero-order valence-corrected chi connectivity index (χ0v) is 12.1. The maximum absolute atomic E-state index is 5.79. The molecule has 1 saturated heterocycles. The summed E-state index contributed by atoms with van der Waals surface area (Å²) in [5.74, 6) is 0.973. The minimum Gasteiger partial charge on any atom is -0.494 e. The van der Waals surface area contributed by atoms with E-state index in [1.54, 1.807) is 0 Å². The Morgan fingerprint density at radius 2 is 2.10 bits per heavy atom. The SMILES string of the molecule is c1ccc(OCCCC2(CNC3CC3)CCOC2)cc1. The summed E-state index contributed by atoms with van der Waals surface area (Å²) in [6, 6.07) is 10.9. The normalized spacial score (nSPS) is 25.8. The number of rotatable bonds is 8. The van der Waals surface area contributed by atoms with E-state index in [4.69, 9.17) is 9.47 Å². The van der Waals surface area contributed by atoms with Gasteiger partial charge in [0.05, 0.1) is 13.2 Å². The summed E-state index contributed by atoms with van der Waals surface area (Å²) in [5.41, 5.74) is 0.350. The van der Waals surface area contributed by atoms with Crippen LogP contribution in [0, 0.1) is 5.41 Å². The molecule has 0 radical (unpaired) electrons. The Bertz CT molecular complexity index is 397. The smallest absolute Gasteiger partial charge is 0.119 e. The summed E-state index contributed by atoms with van der Waals surface area (Å²) in [5, 5.41) is 3.68. The fourth-order valence-electron chi connectivity index (χ4n) is 2.88. The van der Waals surface area contributed by atoms with Crippen LogP contribution in [0.4, 0.5) is 0 Å². The summed E-state index contributed by atoms with van der Waals surface area (Å²) >= 11 is 0. The summed E-state index contributed by atoms with van der Waals surface area (Å²) in [6.45, 7) is 3.75. The van der Waals surface area contributed by atoms with Crippen LogP contribution >= 0.6 is 0 Å². The standard InChI is InChI=1S/C17H25NO2/c1-2-5-16(6-3-1)20-11-4-9-17(10-12-19-14-17)13-18-15-7-8-15/h1-3,5-6,15,18H,4,7-14H2.